The normalized spacial score (nSPS) is 12.2. The number of rotatable bonds is 6. The molecule has 0 bridgehead atoms. The number of halogens is 8. The number of aliphatic hydroxyl groups is 2. The summed E-state index contributed by atoms with van der Waals surface area (Å²) in [6.45, 7) is 5.23. The Morgan fingerprint density at radius 3 is 1.15 bits per heavy atom. The van der Waals surface area contributed by atoms with Gasteiger partial charge in [0.15, 0.2) is 0 Å². The van der Waals surface area contributed by atoms with Crippen molar-refractivity contribution < 1.29 is 65.1 Å². The van der Waals surface area contributed by atoms with Crippen molar-refractivity contribution in [3.8, 4) is 0 Å². The third-order valence-corrected chi connectivity index (χ3v) is 2.04. The van der Waals surface area contributed by atoms with Crippen LogP contribution in [0.4, 0.5) is 35.1 Å². The summed E-state index contributed by atoms with van der Waals surface area (Å²) < 4.78 is 98.3. The molecular formula is C12H14F8O6. The third-order valence-electron chi connectivity index (χ3n) is 2.04. The molecule has 0 aromatic heterocycles. The van der Waals surface area contributed by atoms with Crippen LogP contribution in [0.2, 0.25) is 0 Å². The number of aliphatic hydroxyl groups excluding tert-OH is 1. The van der Waals surface area contributed by atoms with Crippen LogP contribution in [0, 0.1) is 0 Å². The second-order valence-electron chi connectivity index (χ2n) is 4.12. The molecule has 0 spiro atoms. The fraction of sp³-hybridized carbons (Fsp3) is 0.500. The summed E-state index contributed by atoms with van der Waals surface area (Å²) in [5.41, 5.74) is 0. The van der Waals surface area contributed by atoms with Crippen molar-refractivity contribution in [2.45, 2.75) is 36.9 Å². The number of alkyl halides is 8. The van der Waals surface area contributed by atoms with E-state index in [2.05, 4.69) is 13.2 Å². The number of aliphatic carboxylic acids is 2. The molecule has 0 heterocycles. The molecule has 0 fully saturated rings. The van der Waals surface area contributed by atoms with Gasteiger partial charge in [0.1, 0.15) is 0 Å². The largest absolute Gasteiger partial charge is 0.478 e. The molecule has 0 unspecified atom stereocenters. The summed E-state index contributed by atoms with van der Waals surface area (Å²) in [6, 6.07) is 0. The minimum Gasteiger partial charge on any atom is -0.478 e. The minimum absolute atomic E-state index is 0.694. The molecule has 0 rings (SSSR count). The first-order valence-corrected chi connectivity index (χ1v) is 5.82. The van der Waals surface area contributed by atoms with E-state index in [0.717, 1.165) is 12.2 Å². The lowest BCUT2D eigenvalue weighted by Gasteiger charge is -2.35. The molecule has 14 heteroatoms. The fourth-order valence-corrected chi connectivity index (χ4v) is 0.647. The van der Waals surface area contributed by atoms with Crippen LogP contribution in [0.5, 0.6) is 0 Å². The number of carboxylic acid groups (broad SMARTS) is 2. The van der Waals surface area contributed by atoms with Crippen LogP contribution in [0.1, 0.15) is 6.92 Å². The van der Waals surface area contributed by atoms with E-state index in [0.29, 0.717) is 0 Å². The maximum Gasteiger partial charge on any atom is 0.383 e. The van der Waals surface area contributed by atoms with Crippen molar-refractivity contribution in [1.29, 1.82) is 0 Å². The molecule has 0 amide bonds. The maximum atomic E-state index is 12.4. The Morgan fingerprint density at radius 2 is 1.04 bits per heavy atom. The molecule has 4 N–H and O–H groups in total. The predicted octanol–water partition coefficient (Wildman–Crippen LogP) is 2.37. The van der Waals surface area contributed by atoms with Gasteiger partial charge in [-0.1, -0.05) is 13.2 Å². The van der Waals surface area contributed by atoms with Gasteiger partial charge in [-0.05, 0) is 0 Å². The lowest BCUT2D eigenvalue weighted by molar-refractivity contribution is -0.394. The van der Waals surface area contributed by atoms with Gasteiger partial charge in [0.2, 0.25) is 6.29 Å². The number of carbonyl (C=O) groups is 2. The van der Waals surface area contributed by atoms with Gasteiger partial charge in [-0.2, -0.15) is 35.1 Å². The maximum absolute atomic E-state index is 12.4. The number of carboxylic acids is 2. The van der Waals surface area contributed by atoms with Crippen LogP contribution in [-0.2, 0) is 9.59 Å². The van der Waals surface area contributed by atoms with Crippen molar-refractivity contribution in [1.82, 2.24) is 0 Å². The van der Waals surface area contributed by atoms with E-state index in [1.165, 1.54) is 0 Å². The lowest BCUT2D eigenvalue weighted by atomic mass is 9.99. The van der Waals surface area contributed by atoms with E-state index in [9.17, 15) is 44.7 Å². The van der Waals surface area contributed by atoms with Gasteiger partial charge in [-0.15, -0.1) is 0 Å². The number of hydrogen-bond donors (Lipinski definition) is 4. The third kappa shape index (κ3) is 7.77. The van der Waals surface area contributed by atoms with E-state index >= 15 is 0 Å². The SMILES string of the molecule is C=CC(=O)O.C=CC(=O)O.CC(F)(F)C(F)(F)C(F)(F)C(F)(F)C(O)O. The van der Waals surface area contributed by atoms with E-state index < -0.39 is 48.8 Å². The molecule has 0 aromatic carbocycles. The van der Waals surface area contributed by atoms with Crippen LogP contribution < -0.4 is 0 Å². The topological polar surface area (TPSA) is 115 Å². The molecule has 26 heavy (non-hydrogen) atoms. The second kappa shape index (κ2) is 10.1. The van der Waals surface area contributed by atoms with Gasteiger partial charge in [0.05, 0.1) is 0 Å². The Kier molecular flexibility index (Phi) is 11.1. The Bertz CT molecular complexity index is 480. The van der Waals surface area contributed by atoms with E-state index in [1.807, 2.05) is 0 Å². The minimum atomic E-state index is -6.62. The first-order chi connectivity index (χ1) is 11.2. The van der Waals surface area contributed by atoms with Gasteiger partial charge >= 0.3 is 35.6 Å². The first-order valence-electron chi connectivity index (χ1n) is 5.82. The smallest absolute Gasteiger partial charge is 0.383 e. The molecule has 0 aliphatic rings. The monoisotopic (exact) mass is 406 g/mol. The number of hydrogen-bond acceptors (Lipinski definition) is 4. The Hall–Kier alpha value is -2.22. The molecule has 0 saturated carbocycles. The van der Waals surface area contributed by atoms with Gasteiger partial charge in [0.25, 0.3) is 0 Å². The van der Waals surface area contributed by atoms with Crippen LogP contribution in [0.25, 0.3) is 0 Å². The van der Waals surface area contributed by atoms with Crippen LogP contribution in [0.15, 0.2) is 25.3 Å². The average Bonchev–Trinajstić information content (AvgIpc) is 2.46. The molecule has 0 aliphatic carbocycles. The average molecular weight is 406 g/mol. The van der Waals surface area contributed by atoms with Crippen molar-refractivity contribution >= 4 is 11.9 Å². The summed E-state index contributed by atoms with van der Waals surface area (Å²) in [5, 5.41) is 30.8. The van der Waals surface area contributed by atoms with Crippen molar-refractivity contribution in [2.75, 3.05) is 0 Å². The highest BCUT2D eigenvalue weighted by atomic mass is 19.4. The van der Waals surface area contributed by atoms with E-state index in [-0.39, 0.29) is 0 Å². The molecule has 0 atom stereocenters. The van der Waals surface area contributed by atoms with Gasteiger partial charge in [-0.25, -0.2) is 9.59 Å². The molecular weight excluding hydrogens is 392 g/mol. The van der Waals surface area contributed by atoms with Crippen LogP contribution in [0.3, 0.4) is 0 Å². The van der Waals surface area contributed by atoms with E-state index in [1.54, 1.807) is 0 Å². The Balaban J connectivity index is -0.000000433. The highest BCUT2D eigenvalue weighted by Gasteiger charge is 2.80. The molecule has 0 saturated heterocycles. The predicted molar refractivity (Wildman–Crippen MR) is 69.4 cm³/mol. The van der Waals surface area contributed by atoms with Crippen molar-refractivity contribution in [3.63, 3.8) is 0 Å². The summed E-state index contributed by atoms with van der Waals surface area (Å²) in [5.74, 6) is -26.6. The zero-order valence-electron chi connectivity index (χ0n) is 12.8. The van der Waals surface area contributed by atoms with E-state index in [4.69, 9.17) is 20.4 Å². The van der Waals surface area contributed by atoms with Gasteiger partial charge in [0, 0.05) is 19.1 Å². The molecule has 0 radical (unpaired) electrons. The molecule has 6 nitrogen and oxygen atoms in total. The summed E-state index contributed by atoms with van der Waals surface area (Å²) in [4.78, 5) is 18.5. The zero-order chi connectivity index (χ0) is 22.1. The quantitative estimate of drug-likeness (QED) is 0.306. The highest BCUT2D eigenvalue weighted by molar-refractivity contribution is 5.79. The van der Waals surface area contributed by atoms with Gasteiger partial charge < -0.3 is 20.4 Å². The summed E-state index contributed by atoms with van der Waals surface area (Å²) >= 11 is 0. The zero-order valence-corrected chi connectivity index (χ0v) is 12.8. The fourth-order valence-electron chi connectivity index (χ4n) is 0.647. The molecule has 0 aliphatic heterocycles. The summed E-state index contributed by atoms with van der Waals surface area (Å²) in [6.07, 6.45) is -2.53. The first kappa shape index (κ1) is 28.6. The summed E-state index contributed by atoms with van der Waals surface area (Å²) in [7, 11) is 0. The Labute approximate surface area is 140 Å². The van der Waals surface area contributed by atoms with Crippen LogP contribution in [-0.4, -0.2) is 62.3 Å². The molecule has 154 valence electrons. The van der Waals surface area contributed by atoms with Gasteiger partial charge in [-0.3, -0.25) is 0 Å². The highest BCUT2D eigenvalue weighted by Crippen LogP contribution is 2.52. The lowest BCUT2D eigenvalue weighted by Crippen LogP contribution is -2.64. The Morgan fingerprint density at radius 1 is 0.808 bits per heavy atom. The van der Waals surface area contributed by atoms with Crippen molar-refractivity contribution in [3.05, 3.63) is 25.3 Å². The second-order valence-corrected chi connectivity index (χ2v) is 4.12. The standard InChI is InChI=1S/C6H6F8O2.2C3H4O2/c1-3(7,8)5(11,12)6(13,14)4(9,10)2(15)16;2*1-2-3(4)5/h2,15-16H,1H3;2*2H,1H2,(H,4,5). The van der Waals surface area contributed by atoms with Crippen molar-refractivity contribution in [2.24, 2.45) is 0 Å². The molecule has 0 aromatic rings. The van der Waals surface area contributed by atoms with Crippen LogP contribution >= 0.6 is 0 Å².